The van der Waals surface area contributed by atoms with Gasteiger partial charge in [0.15, 0.2) is 0 Å². The van der Waals surface area contributed by atoms with Crippen molar-refractivity contribution in [1.29, 1.82) is 0 Å². The van der Waals surface area contributed by atoms with Gasteiger partial charge in [-0.2, -0.15) is 33.7 Å². The van der Waals surface area contributed by atoms with Crippen molar-refractivity contribution in [2.24, 2.45) is 0 Å². The van der Waals surface area contributed by atoms with Crippen LogP contribution in [0.3, 0.4) is 0 Å². The molecule has 67 heavy (non-hydrogen) atoms. The van der Waals surface area contributed by atoms with E-state index in [0.29, 0.717) is 65.3 Å². The van der Waals surface area contributed by atoms with Crippen LogP contribution in [0.4, 0.5) is 5.69 Å². The largest absolute Gasteiger partial charge is 0.481 e. The fourth-order valence-corrected chi connectivity index (χ4v) is 11.5. The van der Waals surface area contributed by atoms with E-state index in [1.165, 1.54) is 25.3 Å². The Labute approximate surface area is 390 Å². The van der Waals surface area contributed by atoms with Gasteiger partial charge in [-0.15, -0.1) is 0 Å². The van der Waals surface area contributed by atoms with Gasteiger partial charge in [0.25, 0.3) is 46.4 Å². The molecule has 0 fully saturated rings. The summed E-state index contributed by atoms with van der Waals surface area (Å²) in [5.74, 6) is -2.24. The summed E-state index contributed by atoms with van der Waals surface area (Å²) in [4.78, 5) is 24.5. The highest BCUT2D eigenvalue weighted by Gasteiger charge is 2.42. The average molecular weight is 1010 g/mol. The number of unbranched alkanes of at least 4 members (excludes halogenated alkanes) is 2. The van der Waals surface area contributed by atoms with Crippen molar-refractivity contribution in [3.63, 3.8) is 0 Å². The number of aliphatic carboxylic acids is 1. The number of nitrogens with zero attached hydrogens (tertiary/aromatic N) is 1. The molecule has 4 aromatic carbocycles. The molecule has 0 spiro atoms. The summed E-state index contributed by atoms with van der Waals surface area (Å²) >= 11 is 0. The van der Waals surface area contributed by atoms with Crippen LogP contribution in [0, 0.1) is 6.92 Å². The molecule has 0 saturated carbocycles. The normalized spacial score (nSPS) is 15.9. The molecule has 1 heterocycles. The number of hydrogen-bond acceptors (Lipinski definition) is 12. The zero-order valence-electron chi connectivity index (χ0n) is 37.4. The molecule has 4 aromatic rings. The molecule has 6 N–H and O–H groups in total. The van der Waals surface area contributed by atoms with Crippen LogP contribution in [-0.4, -0.2) is 101 Å². The van der Waals surface area contributed by atoms with Gasteiger partial charge in [0.2, 0.25) is 0 Å². The molecule has 0 radical (unpaired) electrons. The Hall–Kier alpha value is -5.04. The van der Waals surface area contributed by atoms with Crippen molar-refractivity contribution in [3.8, 4) is 0 Å². The van der Waals surface area contributed by atoms with E-state index in [4.69, 9.17) is 4.74 Å². The van der Waals surface area contributed by atoms with Gasteiger partial charge >= 0.3 is 5.97 Å². The summed E-state index contributed by atoms with van der Waals surface area (Å²) in [6, 6.07) is 10.4. The van der Waals surface area contributed by atoms with Crippen LogP contribution in [0.1, 0.15) is 86.3 Å². The number of allylic oxidation sites excluding steroid dienone is 5. The van der Waals surface area contributed by atoms with Crippen molar-refractivity contribution < 1.29 is 71.3 Å². The van der Waals surface area contributed by atoms with E-state index in [-0.39, 0.29) is 59.7 Å². The number of aryl methyl sites for hydroxylation is 1. The van der Waals surface area contributed by atoms with Gasteiger partial charge in [0.05, 0.1) is 17.3 Å². The predicted molar refractivity (Wildman–Crippen MR) is 252 cm³/mol. The molecule has 1 atom stereocenters. The molecule has 0 bridgehead atoms. The quantitative estimate of drug-likeness (QED) is 0.0285. The fourth-order valence-electron chi connectivity index (χ4n) is 8.91. The van der Waals surface area contributed by atoms with Crippen molar-refractivity contribution in [3.05, 3.63) is 107 Å². The third-order valence-corrected chi connectivity index (χ3v) is 15.5. The smallest absolute Gasteiger partial charge is 0.303 e. The van der Waals surface area contributed by atoms with Gasteiger partial charge in [0, 0.05) is 65.2 Å². The highest BCUT2D eigenvalue weighted by molar-refractivity contribution is 7.87. The molecule has 1 unspecified atom stereocenters. The van der Waals surface area contributed by atoms with Gasteiger partial charge < -0.3 is 20.1 Å². The highest BCUT2D eigenvalue weighted by Crippen LogP contribution is 2.52. The average Bonchev–Trinajstić information content (AvgIpc) is 3.42. The van der Waals surface area contributed by atoms with Crippen LogP contribution in [0.5, 0.6) is 0 Å². The summed E-state index contributed by atoms with van der Waals surface area (Å²) in [6.45, 7) is 12.0. The number of carboxylic acids is 1. The molecule has 22 heteroatoms. The number of anilines is 1. The van der Waals surface area contributed by atoms with Gasteiger partial charge in [-0.1, -0.05) is 64.1 Å². The van der Waals surface area contributed by atoms with E-state index < -0.39 is 83.6 Å². The molecule has 18 nitrogen and oxygen atoms in total. The van der Waals surface area contributed by atoms with E-state index in [1.807, 2.05) is 18.7 Å². The van der Waals surface area contributed by atoms with Crippen molar-refractivity contribution in [2.75, 3.05) is 37.5 Å². The summed E-state index contributed by atoms with van der Waals surface area (Å²) < 4.78 is 145. The second-order valence-electron chi connectivity index (χ2n) is 17.1. The second-order valence-corrected chi connectivity index (χ2v) is 22.9. The molecule has 1 amide bonds. The van der Waals surface area contributed by atoms with E-state index in [1.54, 1.807) is 44.2 Å². The first-order valence-electron chi connectivity index (χ1n) is 20.8. The minimum atomic E-state index is -5.09. The van der Waals surface area contributed by atoms with Crippen LogP contribution in [0.2, 0.25) is 0 Å². The second kappa shape index (κ2) is 19.9. The minimum Gasteiger partial charge on any atom is -0.481 e. The van der Waals surface area contributed by atoms with Crippen molar-refractivity contribution in [1.82, 2.24) is 5.32 Å². The first-order valence-corrected chi connectivity index (χ1v) is 26.8. The van der Waals surface area contributed by atoms with E-state index in [2.05, 4.69) is 11.9 Å². The zero-order chi connectivity index (χ0) is 50.1. The number of fused-ring (bicyclic) bond motifs is 4. The SMILES string of the molecule is C=C(/C=C/C=C1/N(CCCCCC(=O)O)c2ccc3c(S(=O)(=O)O)cc(C(=O)NCCOC)cc3c2C1(C)C)C(C)(CCCS(=O)(=O)O)c1c(C)ccc2c(S(=O)(=O)O)cc(S(=O)(=O)O)cc12. The maximum Gasteiger partial charge on any atom is 0.303 e. The van der Waals surface area contributed by atoms with Crippen LogP contribution in [0.25, 0.3) is 21.5 Å². The number of hydrogen-bond donors (Lipinski definition) is 6. The minimum absolute atomic E-state index is 0.0191. The zero-order valence-corrected chi connectivity index (χ0v) is 40.7. The Morgan fingerprint density at radius 2 is 1.45 bits per heavy atom. The first kappa shape index (κ1) is 52.9. The predicted octanol–water partition coefficient (Wildman–Crippen LogP) is 6.78. The molecule has 364 valence electrons. The molecule has 1 aliphatic rings. The molecular weight excluding hydrogens is 953 g/mol. The molecule has 0 saturated heterocycles. The standard InChI is InChI=1S/C45H54N2O16S4/c1-28-15-16-32-35(26-31(65(54,55)56)27-38(32)67(60,61)62)41(28)45(5,19-11-23-64(51,52)53)29(2)12-10-13-39-44(3,4)42-34-24-30(43(50)46-20-22-63-6)25-37(66(57,58)59)33(34)17-18-36(42)47(39)21-9-7-8-14-40(48)49/h10,12-13,15-18,24-27H,2,7-9,11,14,19-23H2,1,3-6H3,(H,46,50)(H,48,49)(H,51,52,53)(H,54,55,56)(H,57,58,59)(H,60,61,62)/b12-10+,39-13+. The number of ether oxygens (including phenoxy) is 1. The molecule has 1 aliphatic heterocycles. The van der Waals surface area contributed by atoms with Gasteiger partial charge in [-0.25, -0.2) is 0 Å². The lowest BCUT2D eigenvalue weighted by molar-refractivity contribution is -0.137. The van der Waals surface area contributed by atoms with E-state index in [9.17, 15) is 66.6 Å². The maximum absolute atomic E-state index is 13.4. The van der Waals surface area contributed by atoms with Crippen molar-refractivity contribution in [2.45, 2.75) is 91.7 Å². The number of methoxy groups -OCH3 is 1. The lowest BCUT2D eigenvalue weighted by Gasteiger charge is -2.34. The lowest BCUT2D eigenvalue weighted by atomic mass is 9.70. The summed E-state index contributed by atoms with van der Waals surface area (Å²) in [7, 11) is -18.0. The summed E-state index contributed by atoms with van der Waals surface area (Å²) in [6.07, 6.45) is 6.22. The lowest BCUT2D eigenvalue weighted by Crippen LogP contribution is -2.27. The molecular formula is C45H54N2O16S4. The Balaban J connectivity index is 1.73. The Morgan fingerprint density at radius 1 is 0.821 bits per heavy atom. The number of nitrogens with one attached hydrogen (secondary N) is 1. The van der Waals surface area contributed by atoms with Crippen LogP contribution >= 0.6 is 0 Å². The Bertz CT molecular complexity index is 3180. The topological polar surface area (TPSA) is 296 Å². The van der Waals surface area contributed by atoms with E-state index in [0.717, 1.165) is 12.1 Å². The first-order chi connectivity index (χ1) is 30.9. The Morgan fingerprint density at radius 3 is 2.04 bits per heavy atom. The fraction of sp³-hybridized carbons (Fsp3) is 0.378. The number of carboxylic acid groups (broad SMARTS) is 1. The summed E-state index contributed by atoms with van der Waals surface area (Å²) in [5.41, 5.74) is 0.566. The number of rotatable bonds is 21. The highest BCUT2D eigenvalue weighted by atomic mass is 32.2. The third-order valence-electron chi connectivity index (χ3n) is 12.1. The summed E-state index contributed by atoms with van der Waals surface area (Å²) in [5, 5.41) is 12.3. The number of benzene rings is 4. The van der Waals surface area contributed by atoms with Gasteiger partial charge in [0.1, 0.15) is 9.79 Å². The van der Waals surface area contributed by atoms with Crippen LogP contribution in [0.15, 0.2) is 99.3 Å². The number of carbonyl (C=O) groups excluding carboxylic acids is 1. The van der Waals surface area contributed by atoms with Gasteiger partial charge in [-0.05, 0) is 102 Å². The number of carbonyl (C=O) groups is 2. The molecule has 5 rings (SSSR count). The third kappa shape index (κ3) is 11.8. The molecule has 0 aliphatic carbocycles. The van der Waals surface area contributed by atoms with Gasteiger partial charge in [-0.3, -0.25) is 27.8 Å². The van der Waals surface area contributed by atoms with Crippen LogP contribution in [-0.2, 0) is 60.8 Å². The monoisotopic (exact) mass is 1010 g/mol. The van der Waals surface area contributed by atoms with E-state index >= 15 is 0 Å². The Kier molecular flexibility index (Phi) is 15.7. The maximum atomic E-state index is 13.4. The van der Waals surface area contributed by atoms with Crippen molar-refractivity contribution >= 4 is 79.6 Å². The van der Waals surface area contributed by atoms with Crippen LogP contribution < -0.4 is 10.2 Å². The number of amides is 1. The molecule has 0 aromatic heterocycles.